The van der Waals surface area contributed by atoms with Gasteiger partial charge in [0.05, 0.1) is 12.7 Å². The molecular formula is C10H7BrN2O4. The Morgan fingerprint density at radius 2 is 2.24 bits per heavy atom. The Morgan fingerprint density at radius 1 is 1.47 bits per heavy atom. The van der Waals surface area contributed by atoms with Crippen molar-refractivity contribution >= 4 is 21.9 Å². The van der Waals surface area contributed by atoms with Crippen molar-refractivity contribution < 1.29 is 19.1 Å². The van der Waals surface area contributed by atoms with Crippen LogP contribution in [0.3, 0.4) is 0 Å². The molecule has 1 aromatic carbocycles. The summed E-state index contributed by atoms with van der Waals surface area (Å²) in [6.45, 7) is 0. The molecule has 0 bridgehead atoms. The highest BCUT2D eigenvalue weighted by atomic mass is 79.9. The quantitative estimate of drug-likeness (QED) is 0.935. The zero-order valence-electron chi connectivity index (χ0n) is 8.68. The van der Waals surface area contributed by atoms with Gasteiger partial charge in [0.1, 0.15) is 5.75 Å². The lowest BCUT2D eigenvalue weighted by Gasteiger charge is -2.04. The normalized spacial score (nSPS) is 10.2. The van der Waals surface area contributed by atoms with Crippen molar-refractivity contribution in [3.8, 4) is 17.2 Å². The number of aromatic nitrogens is 2. The van der Waals surface area contributed by atoms with Crippen LogP contribution in [0.25, 0.3) is 11.5 Å². The molecule has 0 atom stereocenters. The van der Waals surface area contributed by atoms with Crippen molar-refractivity contribution in [2.24, 2.45) is 0 Å². The Hall–Kier alpha value is -1.89. The summed E-state index contributed by atoms with van der Waals surface area (Å²) in [6, 6.07) is 5.19. The molecule has 88 valence electrons. The van der Waals surface area contributed by atoms with E-state index >= 15 is 0 Å². The third kappa shape index (κ3) is 2.28. The van der Waals surface area contributed by atoms with E-state index in [4.69, 9.17) is 14.3 Å². The standard InChI is InChI=1S/C10H7BrN2O4/c1-16-7-4-5(11)2-3-6(7)8-12-13-9(17-8)10(14)15/h2-4H,1H3,(H,14,15). The number of carboxylic acids is 1. The summed E-state index contributed by atoms with van der Waals surface area (Å²) < 4.78 is 11.0. The van der Waals surface area contributed by atoms with Gasteiger partial charge in [-0.3, -0.25) is 0 Å². The van der Waals surface area contributed by atoms with Gasteiger partial charge in [-0.2, -0.15) is 0 Å². The van der Waals surface area contributed by atoms with Gasteiger partial charge in [0.15, 0.2) is 0 Å². The first-order valence-electron chi connectivity index (χ1n) is 4.52. The number of aromatic carboxylic acids is 1. The van der Waals surface area contributed by atoms with Gasteiger partial charge in [0.25, 0.3) is 5.89 Å². The summed E-state index contributed by atoms with van der Waals surface area (Å²) in [5.41, 5.74) is 0.538. The second-order valence-electron chi connectivity index (χ2n) is 3.06. The fourth-order valence-corrected chi connectivity index (χ4v) is 1.60. The smallest absolute Gasteiger partial charge is 0.393 e. The molecule has 0 aliphatic heterocycles. The largest absolute Gasteiger partial charge is 0.496 e. The number of nitrogens with zero attached hydrogens (tertiary/aromatic N) is 2. The fourth-order valence-electron chi connectivity index (χ4n) is 1.26. The lowest BCUT2D eigenvalue weighted by Crippen LogP contribution is -1.95. The van der Waals surface area contributed by atoms with Crippen LogP contribution in [0.4, 0.5) is 0 Å². The first kappa shape index (κ1) is 11.6. The van der Waals surface area contributed by atoms with Crippen LogP contribution in [0.5, 0.6) is 5.75 Å². The molecule has 2 aromatic rings. The van der Waals surface area contributed by atoms with Gasteiger partial charge in [-0.05, 0) is 18.2 Å². The monoisotopic (exact) mass is 298 g/mol. The zero-order chi connectivity index (χ0) is 12.4. The third-order valence-electron chi connectivity index (χ3n) is 2.00. The second kappa shape index (κ2) is 4.54. The minimum atomic E-state index is -1.26. The highest BCUT2D eigenvalue weighted by Crippen LogP contribution is 2.31. The van der Waals surface area contributed by atoms with Gasteiger partial charge < -0.3 is 14.3 Å². The molecule has 6 nitrogen and oxygen atoms in total. The van der Waals surface area contributed by atoms with Gasteiger partial charge in [-0.25, -0.2) is 4.79 Å². The van der Waals surface area contributed by atoms with Crippen LogP contribution in [0.2, 0.25) is 0 Å². The maximum absolute atomic E-state index is 10.6. The Kier molecular flexibility index (Phi) is 3.10. The van der Waals surface area contributed by atoms with E-state index in [2.05, 4.69) is 26.1 Å². The molecule has 17 heavy (non-hydrogen) atoms. The van der Waals surface area contributed by atoms with Crippen LogP contribution in [0.1, 0.15) is 10.7 Å². The number of hydrogen-bond donors (Lipinski definition) is 1. The van der Waals surface area contributed by atoms with Gasteiger partial charge >= 0.3 is 11.9 Å². The lowest BCUT2D eigenvalue weighted by atomic mass is 10.2. The Balaban J connectivity index is 2.48. The molecular weight excluding hydrogens is 292 g/mol. The second-order valence-corrected chi connectivity index (χ2v) is 3.98. The molecule has 0 radical (unpaired) electrons. The number of ether oxygens (including phenoxy) is 1. The lowest BCUT2D eigenvalue weighted by molar-refractivity contribution is 0.0654. The van der Waals surface area contributed by atoms with Gasteiger partial charge in [0.2, 0.25) is 0 Å². The average Bonchev–Trinajstić information content (AvgIpc) is 2.78. The molecule has 0 amide bonds. The highest BCUT2D eigenvalue weighted by molar-refractivity contribution is 9.10. The van der Waals surface area contributed by atoms with Gasteiger partial charge in [-0.1, -0.05) is 15.9 Å². The van der Waals surface area contributed by atoms with Crippen LogP contribution < -0.4 is 4.74 Å². The molecule has 1 N–H and O–H groups in total. The minimum Gasteiger partial charge on any atom is -0.496 e. The summed E-state index contributed by atoms with van der Waals surface area (Å²) >= 11 is 3.30. The Bertz CT molecular complexity index is 567. The molecule has 2 rings (SSSR count). The Labute approximate surface area is 104 Å². The van der Waals surface area contributed by atoms with Crippen LogP contribution in [0, 0.1) is 0 Å². The maximum atomic E-state index is 10.6. The number of methoxy groups -OCH3 is 1. The summed E-state index contributed by atoms with van der Waals surface area (Å²) in [7, 11) is 1.50. The molecule has 0 saturated heterocycles. The van der Waals surface area contributed by atoms with Crippen molar-refractivity contribution in [2.75, 3.05) is 7.11 Å². The molecule has 0 saturated carbocycles. The highest BCUT2D eigenvalue weighted by Gasteiger charge is 2.17. The fraction of sp³-hybridized carbons (Fsp3) is 0.100. The number of carboxylic acid groups (broad SMARTS) is 1. The number of benzene rings is 1. The van der Waals surface area contributed by atoms with E-state index in [1.807, 2.05) is 0 Å². The van der Waals surface area contributed by atoms with Crippen LogP contribution in [0.15, 0.2) is 27.1 Å². The number of rotatable bonds is 3. The van der Waals surface area contributed by atoms with Crippen molar-refractivity contribution in [1.29, 1.82) is 0 Å². The minimum absolute atomic E-state index is 0.103. The summed E-state index contributed by atoms with van der Waals surface area (Å²) in [5, 5.41) is 15.7. The van der Waals surface area contributed by atoms with Crippen molar-refractivity contribution in [1.82, 2.24) is 10.2 Å². The number of hydrogen-bond acceptors (Lipinski definition) is 5. The summed E-state index contributed by atoms with van der Waals surface area (Å²) in [6.07, 6.45) is 0. The third-order valence-corrected chi connectivity index (χ3v) is 2.50. The predicted molar refractivity (Wildman–Crippen MR) is 60.9 cm³/mol. The number of carbonyl (C=O) groups is 1. The van der Waals surface area contributed by atoms with Crippen molar-refractivity contribution in [3.63, 3.8) is 0 Å². The molecule has 0 aliphatic carbocycles. The van der Waals surface area contributed by atoms with E-state index in [0.29, 0.717) is 11.3 Å². The predicted octanol–water partition coefficient (Wildman–Crippen LogP) is 2.21. The number of halogens is 1. The molecule has 0 aliphatic rings. The van der Waals surface area contributed by atoms with E-state index < -0.39 is 11.9 Å². The van der Waals surface area contributed by atoms with Crippen LogP contribution >= 0.6 is 15.9 Å². The summed E-state index contributed by atoms with van der Waals surface area (Å²) in [5.74, 6) is -1.10. The van der Waals surface area contributed by atoms with Crippen molar-refractivity contribution in [3.05, 3.63) is 28.6 Å². The van der Waals surface area contributed by atoms with E-state index in [0.717, 1.165) is 4.47 Å². The van der Waals surface area contributed by atoms with E-state index in [1.165, 1.54) is 7.11 Å². The van der Waals surface area contributed by atoms with E-state index in [-0.39, 0.29) is 5.89 Å². The topological polar surface area (TPSA) is 85.5 Å². The first-order chi connectivity index (χ1) is 8.11. The van der Waals surface area contributed by atoms with Crippen molar-refractivity contribution in [2.45, 2.75) is 0 Å². The van der Waals surface area contributed by atoms with Crippen LogP contribution in [-0.2, 0) is 0 Å². The molecule has 7 heteroatoms. The molecule has 0 unspecified atom stereocenters. The molecule has 0 fully saturated rings. The van der Waals surface area contributed by atoms with E-state index in [9.17, 15) is 4.79 Å². The van der Waals surface area contributed by atoms with Gasteiger partial charge in [-0.15, -0.1) is 10.2 Å². The molecule has 1 aromatic heterocycles. The molecule has 1 heterocycles. The molecule has 0 spiro atoms. The first-order valence-corrected chi connectivity index (χ1v) is 5.32. The summed E-state index contributed by atoms with van der Waals surface area (Å²) in [4.78, 5) is 10.6. The van der Waals surface area contributed by atoms with Crippen LogP contribution in [-0.4, -0.2) is 28.4 Å². The average molecular weight is 299 g/mol. The van der Waals surface area contributed by atoms with E-state index in [1.54, 1.807) is 18.2 Å². The Morgan fingerprint density at radius 3 is 2.82 bits per heavy atom. The van der Waals surface area contributed by atoms with Gasteiger partial charge in [0, 0.05) is 4.47 Å². The SMILES string of the molecule is COc1cc(Br)ccc1-c1nnc(C(=O)O)o1. The zero-order valence-corrected chi connectivity index (χ0v) is 10.3. The maximum Gasteiger partial charge on any atom is 0.393 e.